The Labute approximate surface area is 504 Å². The fourth-order valence-electron chi connectivity index (χ4n) is 5.28. The predicted molar refractivity (Wildman–Crippen MR) is 323 cm³/mol. The van der Waals surface area contributed by atoms with Gasteiger partial charge in [-0.1, -0.05) is 24.3 Å². The number of nitrogens with zero attached hydrogens (tertiary/aromatic N) is 2. The number of nitrogens with two attached hydrogens (primary N) is 5. The van der Waals surface area contributed by atoms with Gasteiger partial charge < -0.3 is 103 Å². The molecule has 0 saturated carbocycles. The summed E-state index contributed by atoms with van der Waals surface area (Å²) in [6, 6.07) is 30.6. The SMILES string of the molecule is COCCOCCN.COCCOCCNC(=O)c1ccc(O)cc1.COCCOCCNC(=O)c1ccc(OC(=O)c2ccc(N=C(N)N)cc2)cc1.CS(=O)(=O)O.CS(=O)(=O)O.NC(N)=Nc1ccc(C(O)O)cc1.Oc1ccc(C(O)O)cc1. The molecule has 0 atom stereocenters. The minimum atomic E-state index is -3.67. The summed E-state index contributed by atoms with van der Waals surface area (Å²) in [6.45, 7) is 6.24. The molecule has 33 heteroatoms. The number of benzene rings is 5. The maximum absolute atomic E-state index is 12.2. The van der Waals surface area contributed by atoms with Crippen molar-refractivity contribution in [3.8, 4) is 17.2 Å². The van der Waals surface area contributed by atoms with Crippen molar-refractivity contribution in [2.75, 3.05) is 113 Å². The fourth-order valence-corrected chi connectivity index (χ4v) is 5.28. The Morgan fingerprint density at radius 2 is 0.770 bits per heavy atom. The number of hydrogen-bond acceptors (Lipinski definition) is 23. The van der Waals surface area contributed by atoms with Gasteiger partial charge in [-0.3, -0.25) is 18.7 Å². The Morgan fingerprint density at radius 1 is 0.471 bits per heavy atom. The first-order chi connectivity index (χ1) is 40.9. The molecule has 5 aromatic rings. The first-order valence-electron chi connectivity index (χ1n) is 25.3. The number of nitrogens with one attached hydrogen (secondary N) is 2. The molecule has 0 spiro atoms. The van der Waals surface area contributed by atoms with Crippen molar-refractivity contribution in [3.05, 3.63) is 149 Å². The highest BCUT2D eigenvalue weighted by molar-refractivity contribution is 7.85. The molecule has 0 radical (unpaired) electrons. The number of ether oxygens (including phenoxy) is 7. The largest absolute Gasteiger partial charge is 0.508 e. The third-order valence-corrected chi connectivity index (χ3v) is 9.08. The van der Waals surface area contributed by atoms with Crippen LogP contribution in [0.4, 0.5) is 11.4 Å². The van der Waals surface area contributed by atoms with Gasteiger partial charge in [-0.25, -0.2) is 14.8 Å². The van der Waals surface area contributed by atoms with E-state index in [1.807, 2.05) is 0 Å². The number of phenols is 2. The number of esters is 1. The lowest BCUT2D eigenvalue weighted by atomic mass is 10.2. The van der Waals surface area contributed by atoms with Gasteiger partial charge in [0.2, 0.25) is 0 Å². The zero-order valence-electron chi connectivity index (χ0n) is 48.6. The van der Waals surface area contributed by atoms with Crippen LogP contribution in [0, 0.1) is 0 Å². The van der Waals surface area contributed by atoms with E-state index in [1.54, 1.807) is 94.1 Å². The van der Waals surface area contributed by atoms with Crippen LogP contribution in [0.3, 0.4) is 0 Å². The van der Waals surface area contributed by atoms with E-state index >= 15 is 0 Å². The Kier molecular flexibility index (Phi) is 44.9. The first-order valence-corrected chi connectivity index (χ1v) is 29.0. The highest BCUT2D eigenvalue weighted by atomic mass is 32.2. The molecule has 0 bridgehead atoms. The average Bonchev–Trinajstić information content (AvgIpc) is 3.39. The third kappa shape index (κ3) is 49.9. The van der Waals surface area contributed by atoms with Gasteiger partial charge in [-0.2, -0.15) is 16.8 Å². The second-order valence-electron chi connectivity index (χ2n) is 16.6. The van der Waals surface area contributed by atoms with E-state index in [9.17, 15) is 31.2 Å². The van der Waals surface area contributed by atoms with Crippen molar-refractivity contribution < 1.29 is 104 Å². The number of aliphatic hydroxyl groups is 4. The van der Waals surface area contributed by atoms with Crippen LogP contribution in [0.25, 0.3) is 0 Å². The summed E-state index contributed by atoms with van der Waals surface area (Å²) in [5, 5.41) is 58.0. The molecule has 0 aliphatic rings. The van der Waals surface area contributed by atoms with Gasteiger partial charge in [0.1, 0.15) is 17.2 Å². The molecule has 0 aromatic heterocycles. The monoisotopic (exact) mass is 1270 g/mol. The Hall–Kier alpha value is -7.97. The standard InChI is InChI=1S/C20H24N4O5.C12H17NO4.C8H11N3O2.C7H8O3.C5H13NO2.2CH4O3S/c1-27-12-13-28-11-10-23-18(25)14-4-8-17(9-5-14)29-19(26)15-2-6-16(7-3-15)24-20(21)22;1-16-8-9-17-7-6-13-12(15)10-2-4-11(14)5-3-10;9-8(10)11-6-3-1-5(2-4-6)7(12)13;8-6-3-1-5(2-4-6)7(9)10;1-7-4-5-8-3-2-6;2*1-5(2,3)4/h2-9H,10-13H2,1H3,(H,23,25)(H4,21,22,24);2-5,14H,6-9H2,1H3,(H,13,15);1-4,7,12-13H,(H4,9,10,11);1-4,7-10H;2-6H2,1H3;2*1H3,(H,2,3,4). The number of rotatable bonds is 25. The van der Waals surface area contributed by atoms with Crippen LogP contribution in [0.5, 0.6) is 17.2 Å². The maximum atomic E-state index is 12.2. The number of aliphatic hydroxyl groups excluding tert-OH is 2. The Balaban J connectivity index is 0. The summed E-state index contributed by atoms with van der Waals surface area (Å²) in [4.78, 5) is 43.5. The number of carbonyl (C=O) groups excluding carboxylic acids is 3. The van der Waals surface area contributed by atoms with Crippen molar-refractivity contribution in [2.45, 2.75) is 12.6 Å². The molecule has 0 aliphatic heterocycles. The van der Waals surface area contributed by atoms with E-state index in [4.69, 9.17) is 102 Å². The normalized spacial score (nSPS) is 10.3. The minimum Gasteiger partial charge on any atom is -0.508 e. The van der Waals surface area contributed by atoms with E-state index in [1.165, 1.54) is 48.5 Å². The molecular formula is C54H81N9O22S2. The molecule has 0 aliphatic carbocycles. The molecule has 0 unspecified atom stereocenters. The summed E-state index contributed by atoms with van der Waals surface area (Å²) in [7, 11) is -2.49. The highest BCUT2D eigenvalue weighted by Gasteiger charge is 2.11. The number of aromatic hydroxyl groups is 2. The first kappa shape index (κ1) is 81.1. The quantitative estimate of drug-likeness (QED) is 0.00722. The number of hydrogen-bond donors (Lipinski definition) is 15. The van der Waals surface area contributed by atoms with E-state index < -0.39 is 38.8 Å². The molecular weight excluding hydrogens is 1190 g/mol. The van der Waals surface area contributed by atoms with Gasteiger partial charge in [-0.15, -0.1) is 0 Å². The third-order valence-electron chi connectivity index (χ3n) is 9.08. The number of phenolic OH excluding ortho intramolecular Hbond substituents is 2. The van der Waals surface area contributed by atoms with E-state index in [0.29, 0.717) is 137 Å². The number of methoxy groups -OCH3 is 3. The Bertz CT molecular complexity index is 2870. The molecule has 0 heterocycles. The summed E-state index contributed by atoms with van der Waals surface area (Å²) >= 11 is 0. The molecule has 5 aromatic carbocycles. The molecule has 31 nitrogen and oxygen atoms in total. The van der Waals surface area contributed by atoms with Crippen LogP contribution in [0.1, 0.15) is 54.8 Å². The van der Waals surface area contributed by atoms with Crippen LogP contribution < -0.4 is 44.0 Å². The van der Waals surface area contributed by atoms with Crippen molar-refractivity contribution in [1.29, 1.82) is 0 Å². The van der Waals surface area contributed by atoms with Crippen molar-refractivity contribution >= 4 is 61.3 Å². The number of amides is 2. The number of carbonyl (C=O) groups is 3. The summed E-state index contributed by atoms with van der Waals surface area (Å²) in [5.41, 5.74) is 29.2. The van der Waals surface area contributed by atoms with E-state index in [2.05, 4.69) is 20.6 Å². The molecule has 2 amide bonds. The van der Waals surface area contributed by atoms with Crippen LogP contribution in [-0.4, -0.2) is 199 Å². The van der Waals surface area contributed by atoms with E-state index in [0.717, 1.165) is 0 Å². The topological polar surface area (TPSA) is 525 Å². The molecule has 5 rings (SSSR count). The van der Waals surface area contributed by atoms with Crippen molar-refractivity contribution in [3.63, 3.8) is 0 Å². The van der Waals surface area contributed by atoms with Crippen LogP contribution in [0.15, 0.2) is 131 Å². The van der Waals surface area contributed by atoms with E-state index in [-0.39, 0.29) is 35.2 Å². The maximum Gasteiger partial charge on any atom is 0.343 e. The summed E-state index contributed by atoms with van der Waals surface area (Å²) < 4.78 is 86.9. The molecule has 20 N–H and O–H groups in total. The minimum absolute atomic E-state index is 0.0303. The molecule has 87 heavy (non-hydrogen) atoms. The lowest BCUT2D eigenvalue weighted by Crippen LogP contribution is -2.27. The van der Waals surface area contributed by atoms with Crippen molar-refractivity contribution in [2.24, 2.45) is 38.7 Å². The van der Waals surface area contributed by atoms with Gasteiger partial charge in [0.15, 0.2) is 24.5 Å². The summed E-state index contributed by atoms with van der Waals surface area (Å²) in [5.74, 6) is -0.475. The number of aliphatic imine (C=N–C) groups is 2. The van der Waals surface area contributed by atoms with Gasteiger partial charge in [-0.05, 0) is 97.1 Å². The second kappa shape index (κ2) is 48.2. The highest BCUT2D eigenvalue weighted by Crippen LogP contribution is 2.19. The lowest BCUT2D eigenvalue weighted by molar-refractivity contribution is -0.0430. The van der Waals surface area contributed by atoms with Gasteiger partial charge in [0, 0.05) is 63.2 Å². The molecule has 486 valence electrons. The van der Waals surface area contributed by atoms with Crippen LogP contribution >= 0.6 is 0 Å². The Morgan fingerprint density at radius 3 is 1.09 bits per heavy atom. The zero-order chi connectivity index (χ0) is 66.2. The average molecular weight is 1270 g/mol. The fraction of sp³-hybridized carbons (Fsp3) is 0.352. The zero-order valence-corrected chi connectivity index (χ0v) is 50.2. The van der Waals surface area contributed by atoms with Crippen molar-refractivity contribution in [1.82, 2.24) is 10.6 Å². The van der Waals surface area contributed by atoms with Gasteiger partial charge >= 0.3 is 5.97 Å². The molecule has 0 saturated heterocycles. The van der Waals surface area contributed by atoms with Crippen LogP contribution in [-0.2, 0) is 48.7 Å². The van der Waals surface area contributed by atoms with Gasteiger partial charge in [0.05, 0.1) is 88.9 Å². The smallest absolute Gasteiger partial charge is 0.343 e. The predicted octanol–water partition coefficient (Wildman–Crippen LogP) is 0.555. The number of guanidine groups is 2. The molecule has 0 fully saturated rings. The second-order valence-corrected chi connectivity index (χ2v) is 19.5. The summed E-state index contributed by atoms with van der Waals surface area (Å²) in [6.07, 6.45) is -1.49. The van der Waals surface area contributed by atoms with Crippen LogP contribution in [0.2, 0.25) is 0 Å². The van der Waals surface area contributed by atoms with Gasteiger partial charge in [0.25, 0.3) is 32.1 Å². The lowest BCUT2D eigenvalue weighted by Gasteiger charge is -2.08.